The number of aromatic nitrogens is 3. The third kappa shape index (κ3) is 2.59. The molecule has 126 valence electrons. The predicted octanol–water partition coefficient (Wildman–Crippen LogP) is 3.45. The molecule has 7 nitrogen and oxygen atoms in total. The molecule has 1 amide bonds. The molecule has 26 heavy (non-hydrogen) atoms. The minimum Gasteiger partial charge on any atom is -0.459 e. The fourth-order valence-electron chi connectivity index (χ4n) is 2.74. The fraction of sp³-hybridized carbons (Fsp3) is 0.0526. The van der Waals surface area contributed by atoms with Gasteiger partial charge in [-0.25, -0.2) is 4.98 Å². The lowest BCUT2D eigenvalue weighted by molar-refractivity contribution is 0.0996. The lowest BCUT2D eigenvalue weighted by atomic mass is 10.1. The van der Waals surface area contributed by atoms with E-state index in [1.807, 2.05) is 43.3 Å². The number of benzene rings is 1. The van der Waals surface area contributed by atoms with Crippen molar-refractivity contribution in [3.05, 3.63) is 71.8 Å². The summed E-state index contributed by atoms with van der Waals surface area (Å²) in [5.41, 5.74) is 2.06. The zero-order chi connectivity index (χ0) is 18.1. The van der Waals surface area contributed by atoms with Gasteiger partial charge in [-0.15, -0.1) is 0 Å². The molecule has 0 aliphatic carbocycles. The number of hydrogen-bond acceptors (Lipinski definition) is 5. The average Bonchev–Trinajstić information content (AvgIpc) is 3.31. The van der Waals surface area contributed by atoms with Gasteiger partial charge in [-0.2, -0.15) is 15.0 Å². The molecule has 0 aliphatic heterocycles. The largest absolute Gasteiger partial charge is 0.459 e. The molecule has 0 fully saturated rings. The first-order valence-electron chi connectivity index (χ1n) is 7.87. The number of hydrogen-bond donors (Lipinski definition) is 1. The number of furan rings is 1. The van der Waals surface area contributed by atoms with E-state index in [4.69, 9.17) is 4.42 Å². The zero-order valence-corrected chi connectivity index (χ0v) is 13.8. The highest BCUT2D eigenvalue weighted by Gasteiger charge is 2.18. The lowest BCUT2D eigenvalue weighted by Gasteiger charge is -2.10. The van der Waals surface area contributed by atoms with Crippen LogP contribution in [-0.4, -0.2) is 20.7 Å². The first-order chi connectivity index (χ1) is 12.7. The molecule has 3 heterocycles. The molecule has 0 bridgehead atoms. The van der Waals surface area contributed by atoms with Crippen LogP contribution in [0.4, 0.5) is 5.82 Å². The van der Waals surface area contributed by atoms with Crippen molar-refractivity contribution < 1.29 is 9.21 Å². The fourth-order valence-corrected chi connectivity index (χ4v) is 2.74. The number of anilines is 1. The van der Waals surface area contributed by atoms with Crippen molar-refractivity contribution in [3.63, 3.8) is 0 Å². The second-order valence-electron chi connectivity index (χ2n) is 5.68. The normalized spacial score (nSPS) is 10.6. The molecule has 1 aromatic carbocycles. The molecule has 0 saturated carbocycles. The number of nitriles is 1. The number of nitrogens with zero attached hydrogens (tertiary/aromatic N) is 4. The molecule has 4 rings (SSSR count). The zero-order valence-electron chi connectivity index (χ0n) is 13.8. The highest BCUT2D eigenvalue weighted by molar-refractivity contribution is 6.02. The van der Waals surface area contributed by atoms with Gasteiger partial charge in [0.05, 0.1) is 18.0 Å². The van der Waals surface area contributed by atoms with E-state index in [-0.39, 0.29) is 17.1 Å². The summed E-state index contributed by atoms with van der Waals surface area (Å²) in [6.07, 6.45) is 2.80. The maximum atomic E-state index is 12.3. The van der Waals surface area contributed by atoms with Crippen LogP contribution < -0.4 is 5.32 Å². The lowest BCUT2D eigenvalue weighted by Crippen LogP contribution is -2.16. The summed E-state index contributed by atoms with van der Waals surface area (Å²) in [5.74, 6) is 0.434. The molecule has 1 N–H and O–H groups in total. The molecule has 4 aromatic rings. The van der Waals surface area contributed by atoms with E-state index in [9.17, 15) is 10.1 Å². The van der Waals surface area contributed by atoms with E-state index in [2.05, 4.69) is 15.4 Å². The van der Waals surface area contributed by atoms with Gasteiger partial charge in [0, 0.05) is 5.39 Å². The van der Waals surface area contributed by atoms with Crippen LogP contribution in [-0.2, 0) is 0 Å². The van der Waals surface area contributed by atoms with Gasteiger partial charge >= 0.3 is 0 Å². The van der Waals surface area contributed by atoms with E-state index in [1.165, 1.54) is 17.1 Å². The Balaban J connectivity index is 1.82. The van der Waals surface area contributed by atoms with Gasteiger partial charge in [0.1, 0.15) is 11.6 Å². The summed E-state index contributed by atoms with van der Waals surface area (Å²) in [4.78, 5) is 16.9. The van der Waals surface area contributed by atoms with Crippen LogP contribution in [0.1, 0.15) is 21.7 Å². The van der Waals surface area contributed by atoms with Crippen LogP contribution >= 0.6 is 0 Å². The number of aryl methyl sites for hydroxylation is 1. The molecule has 0 spiro atoms. The Bertz CT molecular complexity index is 1150. The van der Waals surface area contributed by atoms with Gasteiger partial charge in [-0.3, -0.25) is 4.79 Å². The predicted molar refractivity (Wildman–Crippen MR) is 95.0 cm³/mol. The highest BCUT2D eigenvalue weighted by atomic mass is 16.3. The smallest absolute Gasteiger partial charge is 0.292 e. The van der Waals surface area contributed by atoms with Gasteiger partial charge in [0.25, 0.3) is 5.91 Å². The number of nitrogens with one attached hydrogen (secondary N) is 1. The van der Waals surface area contributed by atoms with Crippen molar-refractivity contribution in [1.82, 2.24) is 14.8 Å². The van der Waals surface area contributed by atoms with Crippen LogP contribution in [0.5, 0.6) is 0 Å². The number of carbonyl (C=O) groups is 1. The van der Waals surface area contributed by atoms with Crippen LogP contribution in [0.2, 0.25) is 0 Å². The minimum atomic E-state index is -0.467. The van der Waals surface area contributed by atoms with E-state index in [1.54, 1.807) is 12.1 Å². The van der Waals surface area contributed by atoms with Crippen molar-refractivity contribution in [3.8, 4) is 11.9 Å². The van der Waals surface area contributed by atoms with E-state index in [0.29, 0.717) is 5.82 Å². The number of fused-ring (bicyclic) bond motifs is 1. The molecular formula is C19H13N5O2. The minimum absolute atomic E-state index is 0.143. The van der Waals surface area contributed by atoms with Gasteiger partial charge in [0.15, 0.2) is 17.4 Å². The SMILES string of the molecule is Cc1cc(-n2ncc(C#N)c2NC(=O)c2ccco2)nc2ccccc12. The maximum Gasteiger partial charge on any atom is 0.292 e. The number of pyridine rings is 1. The molecule has 3 aromatic heterocycles. The molecule has 0 atom stereocenters. The molecule has 0 aliphatic rings. The molecule has 7 heteroatoms. The molecule has 0 saturated heterocycles. The number of rotatable bonds is 3. The first-order valence-corrected chi connectivity index (χ1v) is 7.87. The van der Waals surface area contributed by atoms with Crippen molar-refractivity contribution in [2.75, 3.05) is 5.32 Å². The van der Waals surface area contributed by atoms with E-state index < -0.39 is 5.91 Å². The van der Waals surface area contributed by atoms with Gasteiger partial charge in [-0.05, 0) is 36.8 Å². The second-order valence-corrected chi connectivity index (χ2v) is 5.68. The Hall–Kier alpha value is -3.92. The Morgan fingerprint density at radius 3 is 2.88 bits per heavy atom. The average molecular weight is 343 g/mol. The molecule has 0 unspecified atom stereocenters. The quantitative estimate of drug-likeness (QED) is 0.614. The molecule has 0 radical (unpaired) electrons. The third-order valence-electron chi connectivity index (χ3n) is 3.99. The monoisotopic (exact) mass is 343 g/mol. The van der Waals surface area contributed by atoms with Crippen LogP contribution in [0, 0.1) is 18.3 Å². The first kappa shape index (κ1) is 15.6. The summed E-state index contributed by atoms with van der Waals surface area (Å²) >= 11 is 0. The Labute approximate surface area is 148 Å². The summed E-state index contributed by atoms with van der Waals surface area (Å²) in [6.45, 7) is 1.98. The van der Waals surface area contributed by atoms with E-state index >= 15 is 0 Å². The summed E-state index contributed by atoms with van der Waals surface area (Å²) in [6, 6.07) is 14.8. The van der Waals surface area contributed by atoms with Crippen molar-refractivity contribution in [2.24, 2.45) is 0 Å². The summed E-state index contributed by atoms with van der Waals surface area (Å²) < 4.78 is 6.54. The van der Waals surface area contributed by atoms with Crippen molar-refractivity contribution >= 4 is 22.6 Å². The summed E-state index contributed by atoms with van der Waals surface area (Å²) in [5, 5.41) is 17.3. The Kier molecular flexibility index (Phi) is 3.71. The van der Waals surface area contributed by atoms with Crippen molar-refractivity contribution in [1.29, 1.82) is 5.26 Å². The van der Waals surface area contributed by atoms with Gasteiger partial charge in [0.2, 0.25) is 0 Å². The highest BCUT2D eigenvalue weighted by Crippen LogP contribution is 2.24. The maximum absolute atomic E-state index is 12.3. The number of amides is 1. The number of carbonyl (C=O) groups excluding carboxylic acids is 1. The Morgan fingerprint density at radius 1 is 1.27 bits per heavy atom. The topological polar surface area (TPSA) is 96.7 Å². The Morgan fingerprint density at radius 2 is 2.12 bits per heavy atom. The van der Waals surface area contributed by atoms with E-state index in [0.717, 1.165) is 16.5 Å². The van der Waals surface area contributed by atoms with Gasteiger partial charge in [-0.1, -0.05) is 18.2 Å². The summed E-state index contributed by atoms with van der Waals surface area (Å²) in [7, 11) is 0. The molecular weight excluding hydrogens is 330 g/mol. The van der Waals surface area contributed by atoms with Crippen LogP contribution in [0.15, 0.2) is 59.3 Å². The van der Waals surface area contributed by atoms with Gasteiger partial charge < -0.3 is 9.73 Å². The standard InChI is InChI=1S/C19H13N5O2/c1-12-9-17(22-15-6-3-2-5-14(12)15)24-18(13(10-20)11-21-24)23-19(25)16-7-4-8-26-16/h2-9,11H,1H3,(H,23,25). The number of para-hydroxylation sites is 1. The van der Waals surface area contributed by atoms with Crippen LogP contribution in [0.25, 0.3) is 16.7 Å². The van der Waals surface area contributed by atoms with Crippen molar-refractivity contribution in [2.45, 2.75) is 6.92 Å². The third-order valence-corrected chi connectivity index (χ3v) is 3.99. The second kappa shape index (κ2) is 6.18. The van der Waals surface area contributed by atoms with Crippen LogP contribution in [0.3, 0.4) is 0 Å².